The van der Waals surface area contributed by atoms with E-state index in [1.165, 1.54) is 44.9 Å². The quantitative estimate of drug-likeness (QED) is 0.740. The van der Waals surface area contributed by atoms with E-state index < -0.39 is 0 Å². The van der Waals surface area contributed by atoms with Crippen LogP contribution in [0.3, 0.4) is 0 Å². The maximum absolute atomic E-state index is 6.08. The van der Waals surface area contributed by atoms with Crippen LogP contribution in [0.5, 0.6) is 0 Å². The van der Waals surface area contributed by atoms with Crippen molar-refractivity contribution in [1.82, 2.24) is 5.32 Å². The van der Waals surface area contributed by atoms with Crippen LogP contribution in [0.25, 0.3) is 0 Å². The summed E-state index contributed by atoms with van der Waals surface area (Å²) in [5.41, 5.74) is 0.431. The summed E-state index contributed by atoms with van der Waals surface area (Å²) in [6.45, 7) is 4.76. The first kappa shape index (κ1) is 14.3. The molecule has 2 fully saturated rings. The smallest absolute Gasteiger partial charge is 0.0704 e. The van der Waals surface area contributed by atoms with E-state index in [0.29, 0.717) is 17.6 Å². The molecule has 0 aromatic rings. The van der Waals surface area contributed by atoms with Crippen LogP contribution in [0.4, 0.5) is 0 Å². The Hall–Kier alpha value is -0.120. The zero-order valence-corrected chi connectivity index (χ0v) is 12.0. The lowest BCUT2D eigenvalue weighted by Crippen LogP contribution is -2.63. The van der Waals surface area contributed by atoms with Crippen molar-refractivity contribution in [2.75, 3.05) is 26.9 Å². The summed E-state index contributed by atoms with van der Waals surface area (Å²) in [5.74, 6) is 0. The molecule has 18 heavy (non-hydrogen) atoms. The van der Waals surface area contributed by atoms with Crippen molar-refractivity contribution in [3.63, 3.8) is 0 Å². The predicted octanol–water partition coefficient (Wildman–Crippen LogP) is 2.74. The van der Waals surface area contributed by atoms with Crippen LogP contribution in [0, 0.1) is 5.41 Å². The second-order valence-electron chi connectivity index (χ2n) is 5.85. The van der Waals surface area contributed by atoms with Gasteiger partial charge in [0.05, 0.1) is 19.3 Å². The number of ether oxygens (including phenoxy) is 2. The highest BCUT2D eigenvalue weighted by Crippen LogP contribution is 2.52. The number of rotatable bonds is 6. The summed E-state index contributed by atoms with van der Waals surface area (Å²) in [7, 11) is 1.74. The highest BCUT2D eigenvalue weighted by Gasteiger charge is 2.54. The first-order valence-electron chi connectivity index (χ1n) is 7.67. The molecule has 2 saturated carbocycles. The van der Waals surface area contributed by atoms with Crippen molar-refractivity contribution < 1.29 is 9.47 Å². The Morgan fingerprint density at radius 1 is 1.11 bits per heavy atom. The molecule has 3 heteroatoms. The normalized spacial score (nSPS) is 31.0. The van der Waals surface area contributed by atoms with E-state index in [1.54, 1.807) is 7.11 Å². The van der Waals surface area contributed by atoms with Crippen LogP contribution in [0.2, 0.25) is 0 Å². The van der Waals surface area contributed by atoms with Crippen molar-refractivity contribution in [2.45, 2.75) is 64.0 Å². The molecular formula is C15H29NO2. The molecule has 0 aliphatic heterocycles. The monoisotopic (exact) mass is 255 g/mol. The summed E-state index contributed by atoms with van der Waals surface area (Å²) in [5, 5.41) is 3.68. The Labute approximate surface area is 112 Å². The maximum atomic E-state index is 6.08. The van der Waals surface area contributed by atoms with Gasteiger partial charge < -0.3 is 14.8 Å². The molecule has 2 aliphatic rings. The second-order valence-corrected chi connectivity index (χ2v) is 5.85. The van der Waals surface area contributed by atoms with Crippen LogP contribution in [0.15, 0.2) is 0 Å². The molecule has 2 atom stereocenters. The van der Waals surface area contributed by atoms with Crippen LogP contribution >= 0.6 is 0 Å². The molecule has 0 aromatic heterocycles. The fraction of sp³-hybridized carbons (Fsp3) is 1.00. The molecule has 2 rings (SSSR count). The van der Waals surface area contributed by atoms with Crippen LogP contribution in [-0.2, 0) is 9.47 Å². The lowest BCUT2D eigenvalue weighted by atomic mass is 9.57. The van der Waals surface area contributed by atoms with Gasteiger partial charge in [0.2, 0.25) is 0 Å². The van der Waals surface area contributed by atoms with Crippen molar-refractivity contribution in [1.29, 1.82) is 0 Å². The van der Waals surface area contributed by atoms with Crippen LogP contribution in [0.1, 0.15) is 51.9 Å². The van der Waals surface area contributed by atoms with E-state index in [4.69, 9.17) is 9.47 Å². The van der Waals surface area contributed by atoms with E-state index in [1.807, 2.05) is 0 Å². The molecule has 2 aliphatic carbocycles. The minimum absolute atomic E-state index is 0.431. The molecule has 0 amide bonds. The summed E-state index contributed by atoms with van der Waals surface area (Å²) in [4.78, 5) is 0. The standard InChI is InChI=1S/C15H29NO2/c1-3-16-13-12-14(18-11-10-17-2)15(13)8-6-4-5-7-9-15/h13-14,16H,3-12H2,1-2H3. The third-order valence-corrected chi connectivity index (χ3v) is 4.88. The third-order valence-electron chi connectivity index (χ3n) is 4.88. The van der Waals surface area contributed by atoms with Crippen molar-refractivity contribution >= 4 is 0 Å². The van der Waals surface area contributed by atoms with Gasteiger partial charge >= 0.3 is 0 Å². The van der Waals surface area contributed by atoms with Gasteiger partial charge in [0, 0.05) is 18.6 Å². The van der Waals surface area contributed by atoms with Gasteiger partial charge in [-0.2, -0.15) is 0 Å². The molecule has 0 bridgehead atoms. The Morgan fingerprint density at radius 2 is 1.83 bits per heavy atom. The SMILES string of the molecule is CCNC1CC(OCCOC)C12CCCCCC2. The zero-order chi connectivity index (χ0) is 12.8. The Balaban J connectivity index is 1.93. The Bertz CT molecular complexity index is 235. The van der Waals surface area contributed by atoms with Crippen LogP contribution in [-0.4, -0.2) is 39.0 Å². The first-order chi connectivity index (χ1) is 8.83. The van der Waals surface area contributed by atoms with Gasteiger partial charge in [0.15, 0.2) is 0 Å². The highest BCUT2D eigenvalue weighted by molar-refractivity contribution is 5.08. The average molecular weight is 255 g/mol. The largest absolute Gasteiger partial charge is 0.382 e. The average Bonchev–Trinajstić information content (AvgIpc) is 2.64. The van der Waals surface area contributed by atoms with E-state index in [0.717, 1.165) is 19.8 Å². The van der Waals surface area contributed by atoms with Crippen molar-refractivity contribution in [2.24, 2.45) is 5.41 Å². The topological polar surface area (TPSA) is 30.5 Å². The summed E-state index contributed by atoms with van der Waals surface area (Å²) < 4.78 is 11.2. The molecule has 0 radical (unpaired) electrons. The van der Waals surface area contributed by atoms with Crippen molar-refractivity contribution in [3.8, 4) is 0 Å². The molecule has 2 unspecified atom stereocenters. The van der Waals surface area contributed by atoms with Gasteiger partial charge in [0.1, 0.15) is 0 Å². The van der Waals surface area contributed by atoms with Gasteiger partial charge in [-0.25, -0.2) is 0 Å². The first-order valence-corrected chi connectivity index (χ1v) is 7.67. The minimum Gasteiger partial charge on any atom is -0.382 e. The molecule has 0 saturated heterocycles. The third kappa shape index (κ3) is 2.89. The predicted molar refractivity (Wildman–Crippen MR) is 73.8 cm³/mol. The molecule has 3 nitrogen and oxygen atoms in total. The number of hydrogen-bond acceptors (Lipinski definition) is 3. The fourth-order valence-corrected chi connectivity index (χ4v) is 3.85. The van der Waals surface area contributed by atoms with Crippen LogP contribution < -0.4 is 5.32 Å². The van der Waals surface area contributed by atoms with Gasteiger partial charge in [0.25, 0.3) is 0 Å². The second kappa shape index (κ2) is 6.88. The number of hydrogen-bond donors (Lipinski definition) is 1. The molecule has 1 spiro atoms. The summed E-state index contributed by atoms with van der Waals surface area (Å²) in [6.07, 6.45) is 9.94. The molecule has 0 heterocycles. The zero-order valence-electron chi connectivity index (χ0n) is 12.0. The van der Waals surface area contributed by atoms with E-state index >= 15 is 0 Å². The van der Waals surface area contributed by atoms with Gasteiger partial charge in [-0.15, -0.1) is 0 Å². The van der Waals surface area contributed by atoms with Gasteiger partial charge in [-0.1, -0.05) is 32.6 Å². The summed E-state index contributed by atoms with van der Waals surface area (Å²) in [6, 6.07) is 0.688. The van der Waals surface area contributed by atoms with Gasteiger partial charge in [-0.05, 0) is 25.8 Å². The van der Waals surface area contributed by atoms with Crippen molar-refractivity contribution in [3.05, 3.63) is 0 Å². The number of methoxy groups -OCH3 is 1. The molecule has 1 N–H and O–H groups in total. The molecule has 0 aromatic carbocycles. The minimum atomic E-state index is 0.431. The number of nitrogens with one attached hydrogen (secondary N) is 1. The molecular weight excluding hydrogens is 226 g/mol. The van der Waals surface area contributed by atoms with E-state index in [-0.39, 0.29) is 0 Å². The van der Waals surface area contributed by atoms with E-state index in [2.05, 4.69) is 12.2 Å². The molecule has 106 valence electrons. The lowest BCUT2D eigenvalue weighted by Gasteiger charge is -2.56. The van der Waals surface area contributed by atoms with Gasteiger partial charge in [-0.3, -0.25) is 0 Å². The lowest BCUT2D eigenvalue weighted by molar-refractivity contribution is -0.149. The fourth-order valence-electron chi connectivity index (χ4n) is 3.85. The summed E-state index contributed by atoms with van der Waals surface area (Å²) >= 11 is 0. The van der Waals surface area contributed by atoms with E-state index in [9.17, 15) is 0 Å². The Morgan fingerprint density at radius 3 is 2.44 bits per heavy atom. The maximum Gasteiger partial charge on any atom is 0.0704 e. The Kier molecular flexibility index (Phi) is 5.46. The highest BCUT2D eigenvalue weighted by atomic mass is 16.5.